The largest absolute Gasteiger partial charge is 0.312 e. The summed E-state index contributed by atoms with van der Waals surface area (Å²) in [5.41, 5.74) is 5.42. The minimum Gasteiger partial charge on any atom is -0.263 e. The SMILES string of the molecule is C[C@@H]1C(C(=O)N[N+]2(C)CCCCC2)=NN(c2ccc(Cl)cc2Cl)[C@@H]1c1ccc(Cl)cc1. The van der Waals surface area contributed by atoms with Gasteiger partial charge in [0.25, 0.3) is 0 Å². The van der Waals surface area contributed by atoms with Gasteiger partial charge in [0.1, 0.15) is 18.8 Å². The van der Waals surface area contributed by atoms with Crippen LogP contribution in [0.15, 0.2) is 47.6 Å². The van der Waals surface area contributed by atoms with Gasteiger partial charge in [-0.2, -0.15) is 10.5 Å². The maximum absolute atomic E-state index is 13.3. The van der Waals surface area contributed by atoms with Crippen LogP contribution in [0.5, 0.6) is 0 Å². The first kappa shape index (κ1) is 22.4. The molecule has 0 saturated carbocycles. The number of carbonyl (C=O) groups excluding carboxylic acids is 1. The molecule has 2 aromatic rings. The van der Waals surface area contributed by atoms with E-state index in [1.54, 1.807) is 12.1 Å². The summed E-state index contributed by atoms with van der Waals surface area (Å²) in [6.45, 7) is 3.89. The summed E-state index contributed by atoms with van der Waals surface area (Å²) in [4.78, 5) is 13.3. The highest BCUT2D eigenvalue weighted by molar-refractivity contribution is 6.40. The van der Waals surface area contributed by atoms with Gasteiger partial charge >= 0.3 is 5.91 Å². The van der Waals surface area contributed by atoms with Gasteiger partial charge in [-0.1, -0.05) is 53.9 Å². The van der Waals surface area contributed by atoms with E-state index in [4.69, 9.17) is 39.9 Å². The van der Waals surface area contributed by atoms with E-state index < -0.39 is 0 Å². The van der Waals surface area contributed by atoms with Crippen LogP contribution in [0.25, 0.3) is 0 Å². The molecule has 2 aromatic carbocycles. The summed E-state index contributed by atoms with van der Waals surface area (Å²) in [7, 11) is 2.07. The standard InChI is InChI=1S/C23H25Cl3N4O/c1-15-21(23(31)28-30(2)12-4-3-5-13-30)27-29(20-11-10-18(25)14-19(20)26)22(15)16-6-8-17(24)9-7-16/h6-11,14-15,22H,3-5,12-13H2,1-2H3/p+1/t15-,22+/m1/s1. The van der Waals surface area contributed by atoms with E-state index in [9.17, 15) is 4.79 Å². The minimum atomic E-state index is -0.191. The fourth-order valence-corrected chi connectivity index (χ4v) is 5.09. The van der Waals surface area contributed by atoms with Crippen LogP contribution in [0, 0.1) is 5.92 Å². The number of piperidine rings is 1. The Hall–Kier alpha value is -1.79. The molecule has 1 saturated heterocycles. The van der Waals surface area contributed by atoms with E-state index in [1.165, 1.54) is 6.42 Å². The first-order valence-corrected chi connectivity index (χ1v) is 11.7. The molecule has 0 radical (unpaired) electrons. The number of hydrogen-bond acceptors (Lipinski definition) is 3. The topological polar surface area (TPSA) is 44.7 Å². The number of hydrazone groups is 1. The van der Waals surface area contributed by atoms with Crippen LogP contribution in [0.4, 0.5) is 5.69 Å². The number of benzene rings is 2. The molecule has 2 aliphatic rings. The number of nitrogens with zero attached hydrogens (tertiary/aromatic N) is 3. The number of carbonyl (C=O) groups is 1. The Bertz CT molecular complexity index is 1000. The van der Waals surface area contributed by atoms with Gasteiger partial charge in [0.15, 0.2) is 0 Å². The predicted molar refractivity (Wildman–Crippen MR) is 128 cm³/mol. The quantitative estimate of drug-likeness (QED) is 0.557. The summed E-state index contributed by atoms with van der Waals surface area (Å²) < 4.78 is 0.540. The normalized spacial score (nSPS) is 22.9. The minimum absolute atomic E-state index is 0.136. The summed E-state index contributed by atoms with van der Waals surface area (Å²) in [5.74, 6) is -0.284. The van der Waals surface area contributed by atoms with E-state index in [1.807, 2.05) is 42.3 Å². The second-order valence-corrected chi connectivity index (χ2v) is 9.84. The number of likely N-dealkylation sites (tertiary alicyclic amines) is 1. The number of halogens is 3. The molecule has 164 valence electrons. The lowest BCUT2D eigenvalue weighted by Gasteiger charge is -2.36. The molecule has 1 amide bonds. The van der Waals surface area contributed by atoms with Gasteiger partial charge < -0.3 is 0 Å². The molecule has 8 heteroatoms. The maximum Gasteiger partial charge on any atom is 0.312 e. The summed E-state index contributed by atoms with van der Waals surface area (Å²) in [6.07, 6.45) is 3.43. The zero-order valence-electron chi connectivity index (χ0n) is 17.6. The van der Waals surface area contributed by atoms with Crippen LogP contribution < -0.4 is 10.4 Å². The van der Waals surface area contributed by atoms with Crippen molar-refractivity contribution in [3.05, 3.63) is 63.1 Å². The highest BCUT2D eigenvalue weighted by atomic mass is 35.5. The van der Waals surface area contributed by atoms with Gasteiger partial charge in [-0.15, -0.1) is 0 Å². The van der Waals surface area contributed by atoms with Gasteiger partial charge in [0.2, 0.25) is 0 Å². The van der Waals surface area contributed by atoms with Crippen LogP contribution in [-0.2, 0) is 4.79 Å². The number of hydrogen-bond donors (Lipinski definition) is 1. The maximum atomic E-state index is 13.3. The van der Waals surface area contributed by atoms with Crippen LogP contribution in [0.2, 0.25) is 15.1 Å². The smallest absolute Gasteiger partial charge is 0.263 e. The molecular weight excluding hydrogens is 455 g/mol. The van der Waals surface area contributed by atoms with Crippen molar-refractivity contribution in [1.29, 1.82) is 0 Å². The Kier molecular flexibility index (Phi) is 6.50. The van der Waals surface area contributed by atoms with E-state index in [2.05, 4.69) is 12.5 Å². The van der Waals surface area contributed by atoms with Crippen molar-refractivity contribution < 1.29 is 9.39 Å². The fraction of sp³-hybridized carbons (Fsp3) is 0.391. The summed E-state index contributed by atoms with van der Waals surface area (Å²) >= 11 is 18.7. The molecule has 5 nitrogen and oxygen atoms in total. The third-order valence-corrected chi connectivity index (χ3v) is 6.95. The Balaban J connectivity index is 1.70. The summed E-state index contributed by atoms with van der Waals surface area (Å²) in [5, 5.41) is 8.30. The van der Waals surface area contributed by atoms with E-state index in [0.717, 1.165) is 31.5 Å². The van der Waals surface area contributed by atoms with Crippen LogP contribution >= 0.6 is 34.8 Å². The molecule has 2 atom stereocenters. The molecule has 0 aromatic heterocycles. The molecule has 0 bridgehead atoms. The van der Waals surface area contributed by atoms with Gasteiger partial charge in [0.05, 0.1) is 23.8 Å². The Morgan fingerprint density at radius 1 is 1.03 bits per heavy atom. The van der Waals surface area contributed by atoms with Gasteiger partial charge in [-0.05, 0) is 55.2 Å². The van der Waals surface area contributed by atoms with Gasteiger partial charge in [-0.3, -0.25) is 9.80 Å². The molecule has 1 fully saturated rings. The number of nitrogens with one attached hydrogen (secondary N) is 1. The molecule has 0 spiro atoms. The number of amides is 1. The van der Waals surface area contributed by atoms with E-state index in [0.29, 0.717) is 31.1 Å². The Labute approximate surface area is 198 Å². The second-order valence-electron chi connectivity index (χ2n) is 8.56. The fourth-order valence-electron chi connectivity index (χ4n) is 4.47. The molecule has 0 unspecified atom stereocenters. The van der Waals surface area contributed by atoms with Gasteiger partial charge in [-0.25, -0.2) is 4.59 Å². The lowest BCUT2D eigenvalue weighted by Crippen LogP contribution is -2.61. The molecular formula is C23H26Cl3N4O+. The molecule has 2 heterocycles. The number of quaternary nitrogens is 1. The van der Waals surface area contributed by atoms with E-state index in [-0.39, 0.29) is 17.9 Å². The first-order valence-electron chi connectivity index (χ1n) is 10.5. The van der Waals surface area contributed by atoms with Crippen LogP contribution in [0.1, 0.15) is 37.8 Å². The van der Waals surface area contributed by atoms with Crippen LogP contribution in [-0.4, -0.2) is 36.3 Å². The average molecular weight is 481 g/mol. The lowest BCUT2D eigenvalue weighted by molar-refractivity contribution is -0.947. The highest BCUT2D eigenvalue weighted by Crippen LogP contribution is 2.42. The second kappa shape index (κ2) is 8.99. The van der Waals surface area contributed by atoms with Crippen molar-refractivity contribution in [2.24, 2.45) is 11.0 Å². The van der Waals surface area contributed by atoms with E-state index >= 15 is 0 Å². The van der Waals surface area contributed by atoms with Crippen LogP contribution in [0.3, 0.4) is 0 Å². The van der Waals surface area contributed by atoms with Crippen molar-refractivity contribution in [2.75, 3.05) is 25.1 Å². The average Bonchev–Trinajstić information content (AvgIpc) is 3.06. The molecule has 1 N–H and O–H groups in total. The zero-order chi connectivity index (χ0) is 22.2. The third-order valence-electron chi connectivity index (χ3n) is 6.16. The molecule has 0 aliphatic carbocycles. The molecule has 4 rings (SSSR count). The predicted octanol–water partition coefficient (Wildman–Crippen LogP) is 5.86. The van der Waals surface area contributed by atoms with Crippen molar-refractivity contribution in [3.63, 3.8) is 0 Å². The van der Waals surface area contributed by atoms with Crippen molar-refractivity contribution in [2.45, 2.75) is 32.2 Å². The Morgan fingerprint density at radius 3 is 2.32 bits per heavy atom. The number of rotatable bonds is 4. The van der Waals surface area contributed by atoms with Crippen molar-refractivity contribution in [3.8, 4) is 0 Å². The summed E-state index contributed by atoms with van der Waals surface area (Å²) in [6, 6.07) is 12.7. The third kappa shape index (κ3) is 4.70. The first-order chi connectivity index (χ1) is 14.8. The van der Waals surface area contributed by atoms with Crippen molar-refractivity contribution >= 4 is 52.1 Å². The molecule has 31 heavy (non-hydrogen) atoms. The van der Waals surface area contributed by atoms with Crippen molar-refractivity contribution in [1.82, 2.24) is 5.43 Å². The highest BCUT2D eigenvalue weighted by Gasteiger charge is 2.42. The lowest BCUT2D eigenvalue weighted by atomic mass is 9.91. The number of anilines is 1. The monoisotopic (exact) mass is 479 g/mol. The Morgan fingerprint density at radius 2 is 1.68 bits per heavy atom. The zero-order valence-corrected chi connectivity index (χ0v) is 19.9. The van der Waals surface area contributed by atoms with Gasteiger partial charge in [0, 0.05) is 16.0 Å². The molecule has 2 aliphatic heterocycles.